The highest BCUT2D eigenvalue weighted by atomic mass is 79.9. The number of hydrogen-bond donors (Lipinski definition) is 0. The average molecular weight is 266 g/mol. The van der Waals surface area contributed by atoms with E-state index in [4.69, 9.17) is 16.1 Å². The zero-order chi connectivity index (χ0) is 8.55. The maximum Gasteiger partial charge on any atom is 0.294 e. The van der Waals surface area contributed by atoms with Gasteiger partial charge in [0, 0.05) is 15.9 Å². The van der Waals surface area contributed by atoms with Crippen LogP contribution < -0.4 is 0 Å². The summed E-state index contributed by atoms with van der Waals surface area (Å²) < 4.78 is 5.46. The Labute approximate surface area is 85.5 Å². The van der Waals surface area contributed by atoms with Gasteiger partial charge in [-0.25, -0.2) is 0 Å². The third-order valence-electron chi connectivity index (χ3n) is 1.19. The van der Waals surface area contributed by atoms with Crippen molar-refractivity contribution < 1.29 is 4.52 Å². The molecule has 0 spiro atoms. The van der Waals surface area contributed by atoms with E-state index in [1.807, 2.05) is 6.07 Å². The molecule has 0 aromatic carbocycles. The molecule has 0 aliphatic carbocycles. The molecular weight excluding hydrogens is 264 g/mol. The van der Waals surface area contributed by atoms with E-state index in [1.54, 1.807) is 6.07 Å². The molecule has 0 unspecified atom stereocenters. The minimum absolute atomic E-state index is 0.377. The van der Waals surface area contributed by atoms with Crippen LogP contribution in [0.1, 0.15) is 0 Å². The van der Waals surface area contributed by atoms with E-state index in [9.17, 15) is 0 Å². The molecule has 3 nitrogen and oxygen atoms in total. The number of rotatable bonds is 1. The fraction of sp³-hybridized carbons (Fsp3) is 0. The molecule has 0 radical (unpaired) electrons. The Morgan fingerprint density at radius 1 is 1.50 bits per heavy atom. The summed E-state index contributed by atoms with van der Waals surface area (Å²) in [5, 5.41) is 3.72. The fourth-order valence-corrected chi connectivity index (χ4v) is 1.95. The lowest BCUT2D eigenvalue weighted by Gasteiger charge is -1.80. The minimum atomic E-state index is 0.377. The molecule has 2 aromatic rings. The standard InChI is InChI=1S/C6H2BrClN2OS/c7-6-9-5(10-11-6)3-1-2-4(8)12-3/h1-2H. The lowest BCUT2D eigenvalue weighted by molar-refractivity contribution is 0.397. The van der Waals surface area contributed by atoms with Crippen molar-refractivity contribution in [2.45, 2.75) is 0 Å². The summed E-state index contributed by atoms with van der Waals surface area (Å²) in [5.74, 6) is 0.554. The predicted molar refractivity (Wildman–Crippen MR) is 50.3 cm³/mol. The Balaban J connectivity index is 2.43. The molecule has 0 fully saturated rings. The van der Waals surface area contributed by atoms with Gasteiger partial charge in [-0.3, -0.25) is 0 Å². The van der Waals surface area contributed by atoms with Crippen LogP contribution in [0.2, 0.25) is 4.34 Å². The molecular formula is C6H2BrClN2OS. The van der Waals surface area contributed by atoms with Gasteiger partial charge in [-0.2, -0.15) is 4.98 Å². The number of halogens is 2. The second-order valence-electron chi connectivity index (χ2n) is 1.97. The first-order chi connectivity index (χ1) is 5.75. The normalized spacial score (nSPS) is 10.5. The van der Waals surface area contributed by atoms with Crippen molar-refractivity contribution >= 4 is 38.9 Å². The maximum atomic E-state index is 5.74. The smallest absolute Gasteiger partial charge is 0.294 e. The van der Waals surface area contributed by atoms with Gasteiger partial charge in [0.2, 0.25) is 5.82 Å². The summed E-state index contributed by atoms with van der Waals surface area (Å²) in [6, 6.07) is 3.65. The number of hydrogen-bond acceptors (Lipinski definition) is 4. The van der Waals surface area contributed by atoms with Crippen molar-refractivity contribution in [3.05, 3.63) is 21.3 Å². The lowest BCUT2D eigenvalue weighted by atomic mass is 10.4. The minimum Gasteiger partial charge on any atom is -0.326 e. The van der Waals surface area contributed by atoms with E-state index in [-0.39, 0.29) is 0 Å². The molecule has 0 bridgehead atoms. The van der Waals surface area contributed by atoms with Crippen LogP contribution >= 0.6 is 38.9 Å². The zero-order valence-electron chi connectivity index (χ0n) is 5.62. The fourth-order valence-electron chi connectivity index (χ4n) is 0.740. The molecule has 0 saturated carbocycles. The van der Waals surface area contributed by atoms with Crippen LogP contribution in [0, 0.1) is 0 Å². The van der Waals surface area contributed by atoms with Crippen LogP contribution in [0.3, 0.4) is 0 Å². The van der Waals surface area contributed by atoms with Crippen molar-refractivity contribution in [1.82, 2.24) is 10.1 Å². The number of aromatic nitrogens is 2. The Morgan fingerprint density at radius 2 is 2.33 bits per heavy atom. The quantitative estimate of drug-likeness (QED) is 0.795. The van der Waals surface area contributed by atoms with E-state index in [0.29, 0.717) is 15.0 Å². The van der Waals surface area contributed by atoms with Crippen LogP contribution in [-0.4, -0.2) is 10.1 Å². The van der Waals surface area contributed by atoms with Crippen LogP contribution in [-0.2, 0) is 0 Å². The molecule has 0 atom stereocenters. The molecule has 12 heavy (non-hydrogen) atoms. The monoisotopic (exact) mass is 264 g/mol. The molecule has 62 valence electrons. The summed E-state index contributed by atoms with van der Waals surface area (Å²) in [6.07, 6.45) is 0. The van der Waals surface area contributed by atoms with Crippen LogP contribution in [0.4, 0.5) is 0 Å². The second kappa shape index (κ2) is 3.16. The summed E-state index contributed by atoms with van der Waals surface area (Å²) in [6.45, 7) is 0. The highest BCUT2D eigenvalue weighted by Gasteiger charge is 2.08. The second-order valence-corrected chi connectivity index (χ2v) is 4.37. The molecule has 2 heterocycles. The Morgan fingerprint density at radius 3 is 2.83 bits per heavy atom. The SMILES string of the molecule is Clc1ccc(-c2noc(Br)n2)s1. The lowest BCUT2D eigenvalue weighted by Crippen LogP contribution is -1.72. The van der Waals surface area contributed by atoms with Gasteiger partial charge in [0.25, 0.3) is 4.80 Å². The summed E-state index contributed by atoms with van der Waals surface area (Å²) in [7, 11) is 0. The largest absolute Gasteiger partial charge is 0.326 e. The van der Waals surface area contributed by atoms with Crippen molar-refractivity contribution in [1.29, 1.82) is 0 Å². The van der Waals surface area contributed by atoms with Gasteiger partial charge in [-0.05, 0) is 12.1 Å². The first kappa shape index (κ1) is 8.22. The molecule has 0 saturated heterocycles. The average Bonchev–Trinajstić information content (AvgIpc) is 2.58. The summed E-state index contributed by atoms with van der Waals surface area (Å²) in [5.41, 5.74) is 0. The van der Waals surface area contributed by atoms with E-state index >= 15 is 0 Å². The molecule has 0 aliphatic rings. The molecule has 0 N–H and O–H groups in total. The highest BCUT2D eigenvalue weighted by Crippen LogP contribution is 2.29. The van der Waals surface area contributed by atoms with Gasteiger partial charge >= 0.3 is 0 Å². The number of nitrogens with zero attached hydrogens (tertiary/aromatic N) is 2. The molecule has 2 rings (SSSR count). The van der Waals surface area contributed by atoms with E-state index < -0.39 is 0 Å². The van der Waals surface area contributed by atoms with Crippen molar-refractivity contribution in [3.63, 3.8) is 0 Å². The van der Waals surface area contributed by atoms with Crippen LogP contribution in [0.5, 0.6) is 0 Å². The van der Waals surface area contributed by atoms with Gasteiger partial charge in [0.1, 0.15) is 0 Å². The Bertz CT molecular complexity index is 361. The topological polar surface area (TPSA) is 38.9 Å². The summed E-state index contributed by atoms with van der Waals surface area (Å²) in [4.78, 5) is 5.26. The van der Waals surface area contributed by atoms with Crippen molar-refractivity contribution in [3.8, 4) is 10.7 Å². The predicted octanol–water partition coefficient (Wildman–Crippen LogP) is 3.21. The van der Waals surface area contributed by atoms with E-state index in [2.05, 4.69) is 26.1 Å². The zero-order valence-corrected chi connectivity index (χ0v) is 8.78. The Kier molecular flexibility index (Phi) is 2.16. The third-order valence-corrected chi connectivity index (χ3v) is 2.74. The molecule has 2 aromatic heterocycles. The van der Waals surface area contributed by atoms with Gasteiger partial charge in [-0.15, -0.1) is 11.3 Å². The van der Waals surface area contributed by atoms with Crippen molar-refractivity contribution in [2.24, 2.45) is 0 Å². The van der Waals surface area contributed by atoms with Gasteiger partial charge in [-0.1, -0.05) is 16.8 Å². The first-order valence-corrected chi connectivity index (χ1v) is 4.99. The summed E-state index contributed by atoms with van der Waals surface area (Å²) >= 11 is 10.2. The van der Waals surface area contributed by atoms with E-state index in [1.165, 1.54) is 11.3 Å². The Hall–Kier alpha value is -0.390. The van der Waals surface area contributed by atoms with Gasteiger partial charge in [0.05, 0.1) is 9.21 Å². The van der Waals surface area contributed by atoms with Gasteiger partial charge < -0.3 is 4.52 Å². The first-order valence-electron chi connectivity index (χ1n) is 3.00. The van der Waals surface area contributed by atoms with Crippen LogP contribution in [0.25, 0.3) is 10.7 Å². The van der Waals surface area contributed by atoms with E-state index in [0.717, 1.165) is 4.88 Å². The van der Waals surface area contributed by atoms with Crippen molar-refractivity contribution in [2.75, 3.05) is 0 Å². The molecule has 0 amide bonds. The highest BCUT2D eigenvalue weighted by molar-refractivity contribution is 9.10. The van der Waals surface area contributed by atoms with Gasteiger partial charge in [0.15, 0.2) is 0 Å². The molecule has 6 heteroatoms. The number of thiophene rings is 1. The van der Waals surface area contributed by atoms with Crippen LogP contribution in [0.15, 0.2) is 21.5 Å². The maximum absolute atomic E-state index is 5.74. The molecule has 0 aliphatic heterocycles. The third kappa shape index (κ3) is 1.53.